The summed E-state index contributed by atoms with van der Waals surface area (Å²) in [5, 5.41) is 0. The maximum absolute atomic E-state index is 6.04. The van der Waals surface area contributed by atoms with Gasteiger partial charge in [-0.3, -0.25) is 0 Å². The third kappa shape index (κ3) is 1.67. The lowest BCUT2D eigenvalue weighted by Gasteiger charge is -2.13. The van der Waals surface area contributed by atoms with Gasteiger partial charge < -0.3 is 5.73 Å². The first-order chi connectivity index (χ1) is 5.70. The fraction of sp³-hybridized carbons (Fsp3) is 0.667. The lowest BCUT2D eigenvalue weighted by Crippen LogP contribution is -2.13. The van der Waals surface area contributed by atoms with Crippen molar-refractivity contribution in [3.8, 4) is 0 Å². The minimum atomic E-state index is 0.213. The van der Waals surface area contributed by atoms with E-state index in [2.05, 4.69) is 11.3 Å². The maximum Gasteiger partial charge on any atom is 0.0420 e. The van der Waals surface area contributed by atoms with Crippen LogP contribution in [0.2, 0.25) is 0 Å². The molecule has 1 aromatic heterocycles. The van der Waals surface area contributed by atoms with Gasteiger partial charge in [0, 0.05) is 17.1 Å². The zero-order valence-corrected chi connectivity index (χ0v) is 8.10. The minimum absolute atomic E-state index is 0.213. The van der Waals surface area contributed by atoms with Crippen LogP contribution in [-0.4, -0.2) is 4.37 Å². The van der Waals surface area contributed by atoms with Gasteiger partial charge in [0.15, 0.2) is 0 Å². The van der Waals surface area contributed by atoms with E-state index in [-0.39, 0.29) is 6.04 Å². The maximum atomic E-state index is 6.04. The fourth-order valence-corrected chi connectivity index (χ4v) is 2.05. The molecule has 1 aromatic rings. The highest BCUT2D eigenvalue weighted by molar-refractivity contribution is 7.05. The molecule has 2 nitrogen and oxygen atoms in total. The first-order valence-corrected chi connectivity index (χ1v) is 5.13. The molecular formula is C9H14N2S. The van der Waals surface area contributed by atoms with Crippen LogP contribution in [0.25, 0.3) is 0 Å². The first kappa shape index (κ1) is 8.20. The van der Waals surface area contributed by atoms with Gasteiger partial charge in [0.2, 0.25) is 0 Å². The van der Waals surface area contributed by atoms with E-state index in [0.717, 1.165) is 6.42 Å². The van der Waals surface area contributed by atoms with Crippen LogP contribution in [0.4, 0.5) is 0 Å². The number of aromatic nitrogens is 1. The van der Waals surface area contributed by atoms with Gasteiger partial charge in [-0.2, -0.15) is 0 Å². The molecule has 0 aliphatic heterocycles. The Balaban J connectivity index is 1.97. The van der Waals surface area contributed by atoms with Crippen LogP contribution in [0.5, 0.6) is 0 Å². The lowest BCUT2D eigenvalue weighted by atomic mass is 9.99. The van der Waals surface area contributed by atoms with Gasteiger partial charge in [-0.1, -0.05) is 6.92 Å². The van der Waals surface area contributed by atoms with Crippen molar-refractivity contribution in [1.82, 2.24) is 4.37 Å². The van der Waals surface area contributed by atoms with Crippen LogP contribution in [0.1, 0.15) is 37.1 Å². The van der Waals surface area contributed by atoms with Crippen molar-refractivity contribution in [2.24, 2.45) is 11.1 Å². The SMILES string of the molecule is CC1(CC(N)c2ccns2)CC1. The molecule has 2 N–H and O–H groups in total. The van der Waals surface area contributed by atoms with E-state index in [1.165, 1.54) is 29.3 Å². The van der Waals surface area contributed by atoms with Crippen molar-refractivity contribution < 1.29 is 0 Å². The van der Waals surface area contributed by atoms with Gasteiger partial charge in [-0.15, -0.1) is 0 Å². The average Bonchev–Trinajstić information content (AvgIpc) is 2.55. The molecule has 0 bridgehead atoms. The normalized spacial score (nSPS) is 22.2. The Morgan fingerprint density at radius 1 is 1.75 bits per heavy atom. The summed E-state index contributed by atoms with van der Waals surface area (Å²) in [4.78, 5) is 1.23. The third-order valence-electron chi connectivity index (χ3n) is 2.64. The van der Waals surface area contributed by atoms with Crippen LogP contribution in [0.3, 0.4) is 0 Å². The summed E-state index contributed by atoms with van der Waals surface area (Å²) < 4.78 is 4.06. The average molecular weight is 182 g/mol. The Kier molecular flexibility index (Phi) is 1.93. The van der Waals surface area contributed by atoms with E-state index < -0.39 is 0 Å². The second-order valence-electron chi connectivity index (χ2n) is 4.04. The summed E-state index contributed by atoms with van der Waals surface area (Å²) in [6.07, 6.45) is 5.64. The second-order valence-corrected chi connectivity index (χ2v) is 4.90. The van der Waals surface area contributed by atoms with Gasteiger partial charge in [0.25, 0.3) is 0 Å². The lowest BCUT2D eigenvalue weighted by molar-refractivity contribution is 0.460. The van der Waals surface area contributed by atoms with Crippen LogP contribution in [-0.2, 0) is 0 Å². The highest BCUT2D eigenvalue weighted by Crippen LogP contribution is 2.50. The molecule has 0 aromatic carbocycles. The van der Waals surface area contributed by atoms with Crippen molar-refractivity contribution in [3.05, 3.63) is 17.1 Å². The van der Waals surface area contributed by atoms with Gasteiger partial charge in [-0.05, 0) is 42.3 Å². The summed E-state index contributed by atoms with van der Waals surface area (Å²) in [7, 11) is 0. The summed E-state index contributed by atoms with van der Waals surface area (Å²) in [5.74, 6) is 0. The van der Waals surface area contributed by atoms with Crippen LogP contribution < -0.4 is 5.73 Å². The molecule has 0 saturated heterocycles. The molecule has 1 saturated carbocycles. The Labute approximate surface area is 77.0 Å². The van der Waals surface area contributed by atoms with E-state index in [1.54, 1.807) is 0 Å². The quantitative estimate of drug-likeness (QED) is 0.779. The molecule has 1 unspecified atom stereocenters. The van der Waals surface area contributed by atoms with E-state index in [4.69, 9.17) is 5.73 Å². The van der Waals surface area contributed by atoms with E-state index in [1.807, 2.05) is 12.3 Å². The number of nitrogens with zero attached hydrogens (tertiary/aromatic N) is 1. The largest absolute Gasteiger partial charge is 0.323 e. The van der Waals surface area contributed by atoms with E-state index in [0.29, 0.717) is 5.41 Å². The summed E-state index contributed by atoms with van der Waals surface area (Å²) in [5.41, 5.74) is 6.58. The molecule has 1 aliphatic carbocycles. The molecule has 1 aliphatic rings. The van der Waals surface area contributed by atoms with Crippen molar-refractivity contribution >= 4 is 11.5 Å². The van der Waals surface area contributed by atoms with Crippen LogP contribution >= 0.6 is 11.5 Å². The molecular weight excluding hydrogens is 168 g/mol. The van der Waals surface area contributed by atoms with Gasteiger partial charge in [0.05, 0.1) is 0 Å². The van der Waals surface area contributed by atoms with E-state index >= 15 is 0 Å². The van der Waals surface area contributed by atoms with Gasteiger partial charge in [0.1, 0.15) is 0 Å². The highest BCUT2D eigenvalue weighted by atomic mass is 32.1. The number of hydrogen-bond acceptors (Lipinski definition) is 3. The predicted molar refractivity (Wildman–Crippen MR) is 51.0 cm³/mol. The highest BCUT2D eigenvalue weighted by Gasteiger charge is 2.38. The molecule has 1 fully saturated rings. The Morgan fingerprint density at radius 3 is 3.00 bits per heavy atom. The Morgan fingerprint density at radius 2 is 2.50 bits per heavy atom. The second kappa shape index (κ2) is 2.82. The Hall–Kier alpha value is -0.410. The molecule has 0 radical (unpaired) electrons. The number of rotatable bonds is 3. The smallest absolute Gasteiger partial charge is 0.0420 e. The predicted octanol–water partition coefficient (Wildman–Crippen LogP) is 2.33. The molecule has 2 rings (SSSR count). The van der Waals surface area contributed by atoms with Crippen molar-refractivity contribution in [1.29, 1.82) is 0 Å². The molecule has 12 heavy (non-hydrogen) atoms. The van der Waals surface area contributed by atoms with Crippen molar-refractivity contribution in [3.63, 3.8) is 0 Å². The molecule has 1 atom stereocenters. The number of hydrogen-bond donors (Lipinski definition) is 1. The zero-order valence-electron chi connectivity index (χ0n) is 7.29. The van der Waals surface area contributed by atoms with Crippen LogP contribution in [0, 0.1) is 5.41 Å². The topological polar surface area (TPSA) is 38.9 Å². The molecule has 1 heterocycles. The molecule has 0 spiro atoms. The first-order valence-electron chi connectivity index (χ1n) is 4.36. The summed E-state index contributed by atoms with van der Waals surface area (Å²) >= 11 is 1.52. The van der Waals surface area contributed by atoms with Crippen molar-refractivity contribution in [2.45, 2.75) is 32.2 Å². The molecule has 0 amide bonds. The fourth-order valence-electron chi connectivity index (χ4n) is 1.47. The van der Waals surface area contributed by atoms with Crippen molar-refractivity contribution in [2.75, 3.05) is 0 Å². The van der Waals surface area contributed by atoms with E-state index in [9.17, 15) is 0 Å². The van der Waals surface area contributed by atoms with Gasteiger partial charge in [-0.25, -0.2) is 4.37 Å². The number of nitrogens with two attached hydrogens (primary N) is 1. The monoisotopic (exact) mass is 182 g/mol. The Bertz CT molecular complexity index is 252. The molecule has 3 heteroatoms. The summed E-state index contributed by atoms with van der Waals surface area (Å²) in [6.45, 7) is 2.31. The van der Waals surface area contributed by atoms with Crippen LogP contribution in [0.15, 0.2) is 12.3 Å². The third-order valence-corrected chi connectivity index (χ3v) is 3.52. The summed E-state index contributed by atoms with van der Waals surface area (Å²) in [6, 6.07) is 2.24. The molecule has 66 valence electrons. The standard InChI is InChI=1S/C9H14N2S/c1-9(3-4-9)6-7(10)8-2-5-11-12-8/h2,5,7H,3-4,6,10H2,1H3. The minimum Gasteiger partial charge on any atom is -0.323 e. The zero-order chi connectivity index (χ0) is 8.60. The van der Waals surface area contributed by atoms with Gasteiger partial charge >= 0.3 is 0 Å².